The molecule has 2 aromatic carbocycles. The van der Waals surface area contributed by atoms with Gasteiger partial charge < -0.3 is 5.32 Å². The minimum atomic E-state index is -0.271. The molecule has 0 unspecified atom stereocenters. The Labute approximate surface area is 152 Å². The van der Waals surface area contributed by atoms with Crippen LogP contribution in [0.4, 0.5) is 10.1 Å². The van der Waals surface area contributed by atoms with Crippen LogP contribution in [0, 0.1) is 5.82 Å². The molecule has 0 saturated heterocycles. The highest BCUT2D eigenvalue weighted by Crippen LogP contribution is 2.22. The monoisotopic (exact) mass is 351 g/mol. The number of hydrogen-bond donors (Lipinski definition) is 1. The predicted octanol–water partition coefficient (Wildman–Crippen LogP) is 4.62. The molecule has 0 aliphatic carbocycles. The normalized spacial score (nSPS) is 11.4. The van der Waals surface area contributed by atoms with Crippen LogP contribution in [0.2, 0.25) is 0 Å². The highest BCUT2D eigenvalue weighted by atomic mass is 19.1. The lowest BCUT2D eigenvalue weighted by atomic mass is 9.87. The number of benzene rings is 2. The fourth-order valence-electron chi connectivity index (χ4n) is 2.64. The highest BCUT2D eigenvalue weighted by molar-refractivity contribution is 6.04. The van der Waals surface area contributed by atoms with Gasteiger partial charge in [-0.25, -0.2) is 4.39 Å². The number of anilines is 1. The molecule has 0 fully saturated rings. The van der Waals surface area contributed by atoms with E-state index in [0.717, 1.165) is 0 Å². The summed E-state index contributed by atoms with van der Waals surface area (Å²) >= 11 is 0. The van der Waals surface area contributed by atoms with E-state index in [1.165, 1.54) is 11.6 Å². The summed E-state index contributed by atoms with van der Waals surface area (Å²) in [5.74, 6) is -0.469. The largest absolute Gasteiger partial charge is 0.319 e. The van der Waals surface area contributed by atoms with Gasteiger partial charge in [0.25, 0.3) is 5.91 Å². The summed E-state index contributed by atoms with van der Waals surface area (Å²) in [6.45, 7) is 6.70. The summed E-state index contributed by atoms with van der Waals surface area (Å²) in [5.41, 5.74) is 2.92. The molecule has 1 heterocycles. The molecule has 3 aromatic rings. The van der Waals surface area contributed by atoms with Gasteiger partial charge in [-0.2, -0.15) is 5.10 Å². The van der Waals surface area contributed by atoms with Gasteiger partial charge in [0.1, 0.15) is 5.82 Å². The lowest BCUT2D eigenvalue weighted by molar-refractivity contribution is 0.102. The van der Waals surface area contributed by atoms with E-state index >= 15 is 0 Å². The number of carbonyl (C=O) groups is 1. The lowest BCUT2D eigenvalue weighted by Crippen LogP contribution is -2.14. The third-order valence-corrected chi connectivity index (χ3v) is 4.19. The standard InChI is InChI=1S/C21H22FN3O/c1-21(2,3)17-10-8-15(9-11-17)20(26)24-18-12-23-25(14-18)13-16-6-4-5-7-19(16)22/h4-12,14H,13H2,1-3H3,(H,24,26). The molecule has 1 aromatic heterocycles. The Morgan fingerprint density at radius 2 is 1.81 bits per heavy atom. The summed E-state index contributed by atoms with van der Waals surface area (Å²) in [6.07, 6.45) is 3.25. The average Bonchev–Trinajstić information content (AvgIpc) is 3.03. The van der Waals surface area contributed by atoms with E-state index in [2.05, 4.69) is 31.2 Å². The Morgan fingerprint density at radius 1 is 1.12 bits per heavy atom. The molecule has 134 valence electrons. The lowest BCUT2D eigenvalue weighted by Gasteiger charge is -2.18. The van der Waals surface area contributed by atoms with Crippen LogP contribution >= 0.6 is 0 Å². The van der Waals surface area contributed by atoms with E-state index in [9.17, 15) is 9.18 Å². The van der Waals surface area contributed by atoms with Crippen LogP contribution < -0.4 is 5.32 Å². The minimum Gasteiger partial charge on any atom is -0.319 e. The molecule has 26 heavy (non-hydrogen) atoms. The third kappa shape index (κ3) is 4.17. The van der Waals surface area contributed by atoms with E-state index < -0.39 is 0 Å². The van der Waals surface area contributed by atoms with Gasteiger partial charge in [0.05, 0.1) is 18.4 Å². The van der Waals surface area contributed by atoms with E-state index in [4.69, 9.17) is 0 Å². The maximum Gasteiger partial charge on any atom is 0.255 e. The van der Waals surface area contributed by atoms with Crippen molar-refractivity contribution in [1.29, 1.82) is 0 Å². The molecule has 0 spiro atoms. The Bertz CT molecular complexity index is 908. The molecule has 0 radical (unpaired) electrons. The minimum absolute atomic E-state index is 0.0445. The van der Waals surface area contributed by atoms with Crippen LogP contribution in [0.5, 0.6) is 0 Å². The van der Waals surface area contributed by atoms with Crippen LogP contribution in [-0.4, -0.2) is 15.7 Å². The van der Waals surface area contributed by atoms with Crippen molar-refractivity contribution in [2.75, 3.05) is 5.32 Å². The van der Waals surface area contributed by atoms with Crippen molar-refractivity contribution < 1.29 is 9.18 Å². The second-order valence-electron chi connectivity index (χ2n) is 7.30. The molecule has 4 nitrogen and oxygen atoms in total. The van der Waals surface area contributed by atoms with Crippen molar-refractivity contribution in [3.63, 3.8) is 0 Å². The third-order valence-electron chi connectivity index (χ3n) is 4.19. The fraction of sp³-hybridized carbons (Fsp3) is 0.238. The second-order valence-corrected chi connectivity index (χ2v) is 7.30. The Kier molecular flexibility index (Phi) is 4.89. The van der Waals surface area contributed by atoms with Crippen molar-refractivity contribution in [2.24, 2.45) is 0 Å². The first-order chi connectivity index (χ1) is 12.3. The molecule has 0 aliphatic rings. The summed E-state index contributed by atoms with van der Waals surface area (Å²) in [5, 5.41) is 7.00. The van der Waals surface area contributed by atoms with E-state index in [1.54, 1.807) is 35.3 Å². The van der Waals surface area contributed by atoms with Crippen LogP contribution in [0.15, 0.2) is 60.9 Å². The maximum absolute atomic E-state index is 13.7. The van der Waals surface area contributed by atoms with Gasteiger partial charge in [-0.3, -0.25) is 9.48 Å². The van der Waals surface area contributed by atoms with Crippen LogP contribution in [0.25, 0.3) is 0 Å². The maximum atomic E-state index is 13.7. The molecule has 5 heteroatoms. The van der Waals surface area contributed by atoms with Crippen molar-refractivity contribution >= 4 is 11.6 Å². The highest BCUT2D eigenvalue weighted by Gasteiger charge is 2.14. The Morgan fingerprint density at radius 3 is 2.46 bits per heavy atom. The van der Waals surface area contributed by atoms with E-state index in [1.807, 2.05) is 24.3 Å². The first kappa shape index (κ1) is 17.9. The molecular weight excluding hydrogens is 329 g/mol. The molecule has 0 saturated carbocycles. The number of amides is 1. The zero-order valence-electron chi connectivity index (χ0n) is 15.2. The van der Waals surface area contributed by atoms with Gasteiger partial charge >= 0.3 is 0 Å². The number of nitrogens with zero attached hydrogens (tertiary/aromatic N) is 2. The van der Waals surface area contributed by atoms with Crippen LogP contribution in [0.3, 0.4) is 0 Å². The number of hydrogen-bond acceptors (Lipinski definition) is 2. The molecule has 3 rings (SSSR count). The fourth-order valence-corrected chi connectivity index (χ4v) is 2.64. The summed E-state index contributed by atoms with van der Waals surface area (Å²) in [4.78, 5) is 12.4. The van der Waals surface area contributed by atoms with Crippen molar-refractivity contribution in [1.82, 2.24) is 9.78 Å². The van der Waals surface area contributed by atoms with E-state index in [-0.39, 0.29) is 17.1 Å². The topological polar surface area (TPSA) is 46.9 Å². The Hall–Kier alpha value is -2.95. The van der Waals surface area contributed by atoms with Crippen molar-refractivity contribution in [2.45, 2.75) is 32.7 Å². The van der Waals surface area contributed by atoms with Crippen molar-refractivity contribution in [3.8, 4) is 0 Å². The number of rotatable bonds is 4. The quantitative estimate of drug-likeness (QED) is 0.745. The van der Waals surface area contributed by atoms with Crippen LogP contribution in [-0.2, 0) is 12.0 Å². The van der Waals surface area contributed by atoms with E-state index in [0.29, 0.717) is 23.4 Å². The molecule has 1 N–H and O–H groups in total. The molecule has 0 aliphatic heterocycles. The molecule has 0 bridgehead atoms. The second kappa shape index (κ2) is 7.12. The number of carbonyl (C=O) groups excluding carboxylic acids is 1. The zero-order valence-corrected chi connectivity index (χ0v) is 15.2. The molecule has 1 amide bonds. The number of aromatic nitrogens is 2. The summed E-state index contributed by atoms with van der Waals surface area (Å²) in [6, 6.07) is 14.1. The first-order valence-corrected chi connectivity index (χ1v) is 8.51. The van der Waals surface area contributed by atoms with Crippen LogP contribution in [0.1, 0.15) is 42.3 Å². The zero-order chi connectivity index (χ0) is 18.7. The predicted molar refractivity (Wildman–Crippen MR) is 101 cm³/mol. The molecular formula is C21H22FN3O. The van der Waals surface area contributed by atoms with Crippen molar-refractivity contribution in [3.05, 3.63) is 83.4 Å². The average molecular weight is 351 g/mol. The summed E-state index contributed by atoms with van der Waals surface area (Å²) < 4.78 is 15.3. The summed E-state index contributed by atoms with van der Waals surface area (Å²) in [7, 11) is 0. The number of halogens is 1. The smallest absolute Gasteiger partial charge is 0.255 e. The molecule has 0 atom stereocenters. The van der Waals surface area contributed by atoms with Gasteiger partial charge in [0.2, 0.25) is 0 Å². The van der Waals surface area contributed by atoms with Gasteiger partial charge in [0.15, 0.2) is 0 Å². The number of nitrogens with one attached hydrogen (secondary N) is 1. The van der Waals surface area contributed by atoms with Gasteiger partial charge in [-0.1, -0.05) is 51.1 Å². The van der Waals surface area contributed by atoms with Gasteiger partial charge in [-0.15, -0.1) is 0 Å². The van der Waals surface area contributed by atoms with Gasteiger partial charge in [-0.05, 0) is 29.2 Å². The Balaban J connectivity index is 1.67. The SMILES string of the molecule is CC(C)(C)c1ccc(C(=O)Nc2cnn(Cc3ccccc3F)c2)cc1. The van der Waals surface area contributed by atoms with Gasteiger partial charge in [0, 0.05) is 17.3 Å². The first-order valence-electron chi connectivity index (χ1n) is 8.51.